The molecule has 17 heavy (non-hydrogen) atoms. The molecule has 0 radical (unpaired) electrons. The van der Waals surface area contributed by atoms with Crippen LogP contribution in [0.2, 0.25) is 0 Å². The molecule has 0 atom stereocenters. The van der Waals surface area contributed by atoms with Gasteiger partial charge in [0.05, 0.1) is 6.61 Å². The molecule has 5 heteroatoms. The molecule has 0 unspecified atom stereocenters. The van der Waals surface area contributed by atoms with E-state index in [9.17, 15) is 4.79 Å². The molecule has 0 amide bonds. The van der Waals surface area contributed by atoms with Gasteiger partial charge in [-0.25, -0.2) is 4.79 Å². The Labute approximate surface area is 110 Å². The molecule has 1 N–H and O–H groups in total. The van der Waals surface area contributed by atoms with Gasteiger partial charge in [-0.3, -0.25) is 0 Å². The van der Waals surface area contributed by atoms with Crippen molar-refractivity contribution in [3.8, 4) is 5.75 Å². The van der Waals surface area contributed by atoms with E-state index in [0.717, 1.165) is 29.2 Å². The lowest BCUT2D eigenvalue weighted by Crippen LogP contribution is -2.03. The normalized spacial score (nSPS) is 10.5. The summed E-state index contributed by atoms with van der Waals surface area (Å²) in [6, 6.07) is 1.87. The number of aryl methyl sites for hydroxylation is 1. The summed E-state index contributed by atoms with van der Waals surface area (Å²) < 4.78 is 5.54. The standard InChI is InChI=1S/C12H18O3S2/c1-3-5-9-8-10(11(17-9)12(13)14)15-6-7-16-4-2/h8H,3-7H2,1-2H3,(H,13,14). The number of aromatic carboxylic acids is 1. The smallest absolute Gasteiger partial charge is 0.349 e. The Balaban J connectivity index is 2.64. The van der Waals surface area contributed by atoms with Crippen LogP contribution in [0.3, 0.4) is 0 Å². The minimum absolute atomic E-state index is 0.329. The van der Waals surface area contributed by atoms with Gasteiger partial charge in [0.1, 0.15) is 5.75 Å². The average molecular weight is 274 g/mol. The summed E-state index contributed by atoms with van der Waals surface area (Å²) in [7, 11) is 0. The van der Waals surface area contributed by atoms with Crippen LogP contribution in [0, 0.1) is 0 Å². The van der Waals surface area contributed by atoms with Crippen molar-refractivity contribution in [2.45, 2.75) is 26.7 Å². The van der Waals surface area contributed by atoms with Crippen LogP contribution < -0.4 is 4.74 Å². The van der Waals surface area contributed by atoms with Crippen molar-refractivity contribution in [2.24, 2.45) is 0 Å². The molecular formula is C12H18O3S2. The second kappa shape index (κ2) is 7.61. The molecule has 1 aromatic heterocycles. The summed E-state index contributed by atoms with van der Waals surface area (Å²) in [6.07, 6.45) is 1.93. The second-order valence-corrected chi connectivity index (χ2v) is 6.04. The highest BCUT2D eigenvalue weighted by Crippen LogP contribution is 2.30. The largest absolute Gasteiger partial charge is 0.491 e. The number of thiophene rings is 1. The van der Waals surface area contributed by atoms with Gasteiger partial charge in [0.2, 0.25) is 0 Å². The third-order valence-corrected chi connectivity index (χ3v) is 4.16. The molecule has 1 rings (SSSR count). The number of ether oxygens (including phenoxy) is 1. The molecule has 1 aromatic rings. The molecule has 0 fully saturated rings. The predicted octanol–water partition coefficient (Wildman–Crippen LogP) is 3.53. The Morgan fingerprint density at radius 2 is 2.29 bits per heavy atom. The van der Waals surface area contributed by atoms with Gasteiger partial charge in [-0.05, 0) is 18.2 Å². The molecule has 0 aliphatic heterocycles. The molecule has 0 saturated carbocycles. The number of hydrogen-bond donors (Lipinski definition) is 1. The fourth-order valence-corrected chi connectivity index (χ4v) is 2.93. The van der Waals surface area contributed by atoms with Crippen molar-refractivity contribution in [1.29, 1.82) is 0 Å². The fourth-order valence-electron chi connectivity index (χ4n) is 1.40. The van der Waals surface area contributed by atoms with Crippen LogP contribution in [0.5, 0.6) is 5.75 Å². The summed E-state index contributed by atoms with van der Waals surface area (Å²) in [4.78, 5) is 12.5. The van der Waals surface area contributed by atoms with Gasteiger partial charge >= 0.3 is 5.97 Å². The van der Waals surface area contributed by atoms with E-state index in [2.05, 4.69) is 13.8 Å². The van der Waals surface area contributed by atoms with Gasteiger partial charge < -0.3 is 9.84 Å². The topological polar surface area (TPSA) is 46.5 Å². The first-order valence-corrected chi connectivity index (χ1v) is 7.72. The van der Waals surface area contributed by atoms with Gasteiger partial charge in [-0.1, -0.05) is 20.3 Å². The van der Waals surface area contributed by atoms with E-state index < -0.39 is 5.97 Å². The van der Waals surface area contributed by atoms with E-state index in [-0.39, 0.29) is 0 Å². The predicted molar refractivity (Wildman–Crippen MR) is 73.8 cm³/mol. The SMILES string of the molecule is CCCc1cc(OCCSCC)c(C(=O)O)s1. The molecule has 0 aromatic carbocycles. The second-order valence-electron chi connectivity index (χ2n) is 3.51. The highest BCUT2D eigenvalue weighted by Gasteiger charge is 2.16. The first kappa shape index (κ1) is 14.4. The van der Waals surface area contributed by atoms with Gasteiger partial charge in [-0.2, -0.15) is 11.8 Å². The molecule has 0 saturated heterocycles. The maximum Gasteiger partial charge on any atom is 0.349 e. The maximum atomic E-state index is 11.1. The minimum Gasteiger partial charge on any atom is -0.491 e. The highest BCUT2D eigenvalue weighted by molar-refractivity contribution is 7.99. The zero-order chi connectivity index (χ0) is 12.7. The summed E-state index contributed by atoms with van der Waals surface area (Å²) in [5, 5.41) is 9.08. The molecule has 1 heterocycles. The molecule has 3 nitrogen and oxygen atoms in total. The van der Waals surface area contributed by atoms with E-state index in [4.69, 9.17) is 9.84 Å². The van der Waals surface area contributed by atoms with E-state index in [1.54, 1.807) is 11.8 Å². The lowest BCUT2D eigenvalue weighted by Gasteiger charge is -2.03. The van der Waals surface area contributed by atoms with Crippen LogP contribution >= 0.6 is 23.1 Å². The minimum atomic E-state index is -0.893. The summed E-state index contributed by atoms with van der Waals surface area (Å²) in [5.74, 6) is 1.59. The maximum absolute atomic E-state index is 11.1. The Kier molecular flexibility index (Phi) is 6.44. The van der Waals surface area contributed by atoms with Crippen LogP contribution in [0.4, 0.5) is 0 Å². The Morgan fingerprint density at radius 3 is 2.88 bits per heavy atom. The summed E-state index contributed by atoms with van der Waals surface area (Å²) >= 11 is 3.11. The van der Waals surface area contributed by atoms with E-state index in [1.807, 2.05) is 6.07 Å². The average Bonchev–Trinajstić information content (AvgIpc) is 2.68. The Hall–Kier alpha value is -0.680. The highest BCUT2D eigenvalue weighted by atomic mass is 32.2. The number of carboxylic acids is 1. The molecule has 0 spiro atoms. The Morgan fingerprint density at radius 1 is 1.53 bits per heavy atom. The van der Waals surface area contributed by atoms with Crippen LogP contribution in [0.1, 0.15) is 34.8 Å². The van der Waals surface area contributed by atoms with E-state index in [1.165, 1.54) is 11.3 Å². The van der Waals surface area contributed by atoms with Crippen LogP contribution in [-0.4, -0.2) is 29.2 Å². The van der Waals surface area contributed by atoms with Crippen molar-refractivity contribution >= 4 is 29.1 Å². The third kappa shape index (κ3) is 4.60. The van der Waals surface area contributed by atoms with Gasteiger partial charge in [-0.15, -0.1) is 11.3 Å². The summed E-state index contributed by atoms with van der Waals surface area (Å²) in [6.45, 7) is 4.75. The number of carbonyl (C=O) groups is 1. The quantitative estimate of drug-likeness (QED) is 0.737. The van der Waals surface area contributed by atoms with Crippen molar-refractivity contribution in [3.63, 3.8) is 0 Å². The summed E-state index contributed by atoms with van der Waals surface area (Å²) in [5.41, 5.74) is 0. The molecular weight excluding hydrogens is 256 g/mol. The van der Waals surface area contributed by atoms with Gasteiger partial charge in [0, 0.05) is 10.6 Å². The zero-order valence-corrected chi connectivity index (χ0v) is 11.8. The van der Waals surface area contributed by atoms with E-state index in [0.29, 0.717) is 17.2 Å². The number of hydrogen-bond acceptors (Lipinski definition) is 4. The number of rotatable bonds is 8. The molecule has 0 aliphatic carbocycles. The molecule has 0 bridgehead atoms. The Bertz CT molecular complexity index is 361. The number of carboxylic acid groups (broad SMARTS) is 1. The zero-order valence-electron chi connectivity index (χ0n) is 10.2. The molecule has 0 aliphatic rings. The van der Waals surface area contributed by atoms with E-state index >= 15 is 0 Å². The monoisotopic (exact) mass is 274 g/mol. The lowest BCUT2D eigenvalue weighted by atomic mass is 10.3. The lowest BCUT2D eigenvalue weighted by molar-refractivity contribution is 0.0698. The number of thioether (sulfide) groups is 1. The molecule has 96 valence electrons. The van der Waals surface area contributed by atoms with Crippen LogP contribution in [0.15, 0.2) is 6.07 Å². The third-order valence-electron chi connectivity index (χ3n) is 2.13. The van der Waals surface area contributed by atoms with Gasteiger partial charge in [0.25, 0.3) is 0 Å². The first-order valence-electron chi connectivity index (χ1n) is 5.75. The van der Waals surface area contributed by atoms with Crippen molar-refractivity contribution < 1.29 is 14.6 Å². The van der Waals surface area contributed by atoms with Crippen LogP contribution in [-0.2, 0) is 6.42 Å². The fraction of sp³-hybridized carbons (Fsp3) is 0.583. The van der Waals surface area contributed by atoms with Crippen molar-refractivity contribution in [2.75, 3.05) is 18.1 Å². The first-order chi connectivity index (χ1) is 8.19. The van der Waals surface area contributed by atoms with Gasteiger partial charge in [0.15, 0.2) is 4.88 Å². The van der Waals surface area contributed by atoms with Crippen molar-refractivity contribution in [1.82, 2.24) is 0 Å². The van der Waals surface area contributed by atoms with Crippen molar-refractivity contribution in [3.05, 3.63) is 15.8 Å². The van der Waals surface area contributed by atoms with Crippen LogP contribution in [0.25, 0.3) is 0 Å².